The van der Waals surface area contributed by atoms with Gasteiger partial charge in [-0.3, -0.25) is 14.5 Å². The molecule has 0 radical (unpaired) electrons. The van der Waals surface area contributed by atoms with E-state index in [1.165, 1.54) is 5.56 Å². The van der Waals surface area contributed by atoms with Crippen LogP contribution >= 0.6 is 0 Å². The minimum Gasteiger partial charge on any atom is -0.496 e. The summed E-state index contributed by atoms with van der Waals surface area (Å²) in [4.78, 5) is 37.3. The molecule has 3 saturated carbocycles. The molecule has 0 aliphatic heterocycles. The van der Waals surface area contributed by atoms with Crippen molar-refractivity contribution in [3.05, 3.63) is 59.8 Å². The van der Waals surface area contributed by atoms with Crippen LogP contribution in [0.1, 0.15) is 93.1 Å². The van der Waals surface area contributed by atoms with E-state index in [1.807, 2.05) is 17.0 Å². The molecule has 0 atom stereocenters. The van der Waals surface area contributed by atoms with E-state index in [9.17, 15) is 9.59 Å². The number of hydrogen-bond acceptors (Lipinski definition) is 7. The van der Waals surface area contributed by atoms with Gasteiger partial charge in [0.25, 0.3) is 0 Å². The van der Waals surface area contributed by atoms with Crippen molar-refractivity contribution in [1.82, 2.24) is 15.3 Å². The predicted molar refractivity (Wildman–Crippen MR) is 167 cm³/mol. The number of hydrogen-bond donors (Lipinski definition) is 2. The van der Waals surface area contributed by atoms with Gasteiger partial charge in [-0.1, -0.05) is 12.1 Å². The predicted octanol–water partition coefficient (Wildman–Crippen LogP) is 5.91. The molecule has 0 spiro atoms. The number of ether oxygens (including phenoxy) is 1. The van der Waals surface area contributed by atoms with Crippen LogP contribution < -0.4 is 15.0 Å². The number of aryl methyl sites for hydroxylation is 1. The Labute approximate surface area is 259 Å². The van der Waals surface area contributed by atoms with Gasteiger partial charge in [-0.05, 0) is 112 Å². The number of nitrogens with zero attached hydrogens (tertiary/aromatic N) is 3. The van der Waals surface area contributed by atoms with Gasteiger partial charge < -0.3 is 19.6 Å². The largest absolute Gasteiger partial charge is 0.496 e. The first kappa shape index (κ1) is 30.3. The zero-order valence-electron chi connectivity index (χ0n) is 25.8. The number of nitrogens with one attached hydrogen (secondary N) is 1. The molecule has 3 fully saturated rings. The Morgan fingerprint density at radius 2 is 1.75 bits per heavy atom. The Morgan fingerprint density at radius 3 is 2.43 bits per heavy atom. The van der Waals surface area contributed by atoms with Crippen molar-refractivity contribution < 1.29 is 23.8 Å². The van der Waals surface area contributed by atoms with Crippen LogP contribution in [0.15, 0.2) is 47.2 Å². The van der Waals surface area contributed by atoms with E-state index in [0.29, 0.717) is 43.0 Å². The third kappa shape index (κ3) is 6.98. The maximum absolute atomic E-state index is 14.2. The molecule has 3 aliphatic rings. The zero-order chi connectivity index (χ0) is 30.6. The van der Waals surface area contributed by atoms with E-state index in [2.05, 4.69) is 30.4 Å². The van der Waals surface area contributed by atoms with Crippen molar-refractivity contribution in [3.63, 3.8) is 0 Å². The smallest absolute Gasteiger partial charge is 0.245 e. The number of amides is 2. The Bertz CT molecular complexity index is 1450. The highest BCUT2D eigenvalue weighted by Gasteiger charge is 2.34. The van der Waals surface area contributed by atoms with Crippen molar-refractivity contribution in [3.8, 4) is 17.0 Å². The van der Waals surface area contributed by atoms with Crippen molar-refractivity contribution in [2.45, 2.75) is 89.0 Å². The summed E-state index contributed by atoms with van der Waals surface area (Å²) in [5.74, 6) is 3.31. The molecule has 3 aliphatic carbocycles. The minimum absolute atomic E-state index is 0.00157. The number of carbonyl (C=O) groups excluding carboxylic acids is 2. The summed E-state index contributed by atoms with van der Waals surface area (Å²) in [6, 6.07) is 10.4. The topological polar surface area (TPSA) is 118 Å². The van der Waals surface area contributed by atoms with E-state index in [1.54, 1.807) is 19.6 Å². The van der Waals surface area contributed by atoms with Gasteiger partial charge in [-0.2, -0.15) is 0 Å². The normalized spacial score (nSPS) is 23.6. The number of aromatic nitrogens is 2. The fourth-order valence-corrected chi connectivity index (χ4v) is 7.03. The molecule has 0 saturated heterocycles. The van der Waals surface area contributed by atoms with Gasteiger partial charge in [0.2, 0.25) is 11.8 Å². The maximum Gasteiger partial charge on any atom is 0.245 e. The van der Waals surface area contributed by atoms with Crippen molar-refractivity contribution in [2.75, 3.05) is 25.2 Å². The van der Waals surface area contributed by atoms with E-state index in [0.717, 1.165) is 79.8 Å². The number of anilines is 1. The van der Waals surface area contributed by atoms with E-state index in [-0.39, 0.29) is 23.8 Å². The number of aliphatic hydroxyl groups is 1. The van der Waals surface area contributed by atoms with Crippen molar-refractivity contribution in [2.24, 2.45) is 11.8 Å². The minimum atomic E-state index is -0.511. The van der Waals surface area contributed by atoms with Crippen molar-refractivity contribution in [1.29, 1.82) is 0 Å². The van der Waals surface area contributed by atoms with Gasteiger partial charge in [0.15, 0.2) is 5.89 Å². The molecular formula is C35H44N4O5. The summed E-state index contributed by atoms with van der Waals surface area (Å²) in [6.45, 7) is 2.22. The van der Waals surface area contributed by atoms with Crippen LogP contribution in [0.5, 0.6) is 5.75 Å². The second-order valence-electron chi connectivity index (χ2n) is 12.9. The van der Waals surface area contributed by atoms with Crippen LogP contribution in [-0.2, 0) is 9.59 Å². The summed E-state index contributed by atoms with van der Waals surface area (Å²) < 4.78 is 11.2. The second kappa shape index (κ2) is 13.5. The number of pyridine rings is 1. The van der Waals surface area contributed by atoms with Crippen LogP contribution in [0.4, 0.5) is 5.82 Å². The van der Waals surface area contributed by atoms with Gasteiger partial charge >= 0.3 is 0 Å². The second-order valence-corrected chi connectivity index (χ2v) is 12.9. The van der Waals surface area contributed by atoms with Gasteiger partial charge in [-0.15, -0.1) is 0 Å². The summed E-state index contributed by atoms with van der Waals surface area (Å²) in [5.41, 5.74) is 4.21. The lowest BCUT2D eigenvalue weighted by molar-refractivity contribution is -0.125. The highest BCUT2D eigenvalue weighted by atomic mass is 16.5. The quantitative estimate of drug-likeness (QED) is 0.297. The molecule has 44 heavy (non-hydrogen) atoms. The molecule has 2 amide bonds. The highest BCUT2D eigenvalue weighted by Crippen LogP contribution is 2.41. The number of benzene rings is 1. The van der Waals surface area contributed by atoms with Gasteiger partial charge in [0, 0.05) is 36.2 Å². The number of aliphatic hydroxyl groups excluding tert-OH is 1. The third-order valence-corrected chi connectivity index (χ3v) is 9.80. The lowest BCUT2D eigenvalue weighted by Gasteiger charge is -2.36. The maximum atomic E-state index is 14.2. The Morgan fingerprint density at radius 1 is 1.00 bits per heavy atom. The molecule has 9 nitrogen and oxygen atoms in total. The number of methoxy groups -OCH3 is 1. The Balaban J connectivity index is 1.17. The number of carbonyl (C=O) groups is 2. The fraction of sp³-hybridized carbons (Fsp3) is 0.543. The molecule has 9 heteroatoms. The van der Waals surface area contributed by atoms with Gasteiger partial charge in [0.05, 0.1) is 7.11 Å². The molecule has 6 rings (SSSR count). The van der Waals surface area contributed by atoms with Gasteiger partial charge in [0.1, 0.15) is 30.1 Å². The summed E-state index contributed by atoms with van der Waals surface area (Å²) >= 11 is 0. The van der Waals surface area contributed by atoms with Crippen LogP contribution in [-0.4, -0.2) is 53.2 Å². The highest BCUT2D eigenvalue weighted by molar-refractivity contribution is 5.94. The van der Waals surface area contributed by atoms with Crippen LogP contribution in [0.2, 0.25) is 0 Å². The average molecular weight is 601 g/mol. The average Bonchev–Trinajstić information content (AvgIpc) is 3.79. The SMILES string of the molecule is COc1ccc([C@H]2CC[C@H](CN(c3cc(-c4coc(C5CC5)n4)ccn3)C(=O)[C@H]3CC[C@H](NC(=O)CO)CC3)CC2)cc1C. The molecule has 2 heterocycles. The fourth-order valence-electron chi connectivity index (χ4n) is 7.03. The lowest BCUT2D eigenvalue weighted by Crippen LogP contribution is -2.44. The van der Waals surface area contributed by atoms with Crippen LogP contribution in [0.3, 0.4) is 0 Å². The zero-order valence-corrected chi connectivity index (χ0v) is 25.8. The van der Waals surface area contributed by atoms with Crippen LogP contribution in [0, 0.1) is 18.8 Å². The molecule has 0 bridgehead atoms. The summed E-state index contributed by atoms with van der Waals surface area (Å²) in [5, 5.41) is 12.0. The van der Waals surface area contributed by atoms with Gasteiger partial charge in [-0.25, -0.2) is 9.97 Å². The Kier molecular flexibility index (Phi) is 9.31. The molecule has 1 aromatic carbocycles. The first-order valence-electron chi connectivity index (χ1n) is 16.2. The molecular weight excluding hydrogens is 556 g/mol. The van der Waals surface area contributed by atoms with E-state index < -0.39 is 6.61 Å². The monoisotopic (exact) mass is 600 g/mol. The number of rotatable bonds is 10. The van der Waals surface area contributed by atoms with E-state index in [4.69, 9.17) is 24.2 Å². The molecule has 2 aromatic heterocycles. The van der Waals surface area contributed by atoms with Crippen LogP contribution in [0.25, 0.3) is 11.3 Å². The van der Waals surface area contributed by atoms with Crippen molar-refractivity contribution >= 4 is 17.6 Å². The number of oxazole rings is 1. The third-order valence-electron chi connectivity index (χ3n) is 9.80. The molecule has 3 aromatic rings. The Hall–Kier alpha value is -3.72. The summed E-state index contributed by atoms with van der Waals surface area (Å²) in [6.07, 6.45) is 12.8. The molecule has 234 valence electrons. The lowest BCUT2D eigenvalue weighted by atomic mass is 9.78. The first-order chi connectivity index (χ1) is 21.4. The first-order valence-corrected chi connectivity index (χ1v) is 16.2. The molecule has 2 N–H and O–H groups in total. The molecule has 0 unspecified atom stereocenters. The summed E-state index contributed by atoms with van der Waals surface area (Å²) in [7, 11) is 1.71. The standard InChI is InChI=1S/C35H44N4O5/c1-22-17-27(11-14-31(22)43-2)24-5-3-23(4-6-24)19-39(35(42)26-9-12-29(13-10-26)37-33(41)20-40)32-18-28(15-16-36-32)30-21-44-34(38-30)25-7-8-25/h11,14-18,21,23-26,29,40H,3-10,12-13,19-20H2,1-2H3,(H,37,41)/t23-,24-,26-,29-. The van der Waals surface area contributed by atoms with E-state index >= 15 is 0 Å².